The standard InChI is InChI=1S/C10H20N4O3/c1-4-14(5-8(15)12-7(2)3)6-9(16)13-10(11)17/h7H,4-6H2,1-3H3,(H,12,15)(H3,11,13,16,17). The first kappa shape index (κ1) is 15.4. The van der Waals surface area contributed by atoms with Gasteiger partial charge in [0.15, 0.2) is 0 Å². The monoisotopic (exact) mass is 244 g/mol. The minimum atomic E-state index is -0.891. The molecular formula is C10H20N4O3. The Morgan fingerprint density at radius 3 is 2.12 bits per heavy atom. The highest BCUT2D eigenvalue weighted by molar-refractivity contribution is 5.94. The normalized spacial score (nSPS) is 10.4. The molecule has 4 N–H and O–H groups in total. The Kier molecular flexibility index (Phi) is 6.88. The maximum Gasteiger partial charge on any atom is 0.318 e. The number of likely N-dealkylation sites (N-methyl/N-ethyl adjacent to an activating group) is 1. The van der Waals surface area contributed by atoms with Crippen LogP contribution in [0.3, 0.4) is 0 Å². The van der Waals surface area contributed by atoms with Crippen LogP contribution >= 0.6 is 0 Å². The Balaban J connectivity index is 4.11. The molecule has 0 radical (unpaired) electrons. The van der Waals surface area contributed by atoms with Crippen LogP contribution in [0.2, 0.25) is 0 Å². The molecular weight excluding hydrogens is 224 g/mol. The molecule has 0 bridgehead atoms. The summed E-state index contributed by atoms with van der Waals surface area (Å²) in [6.07, 6.45) is 0. The third kappa shape index (κ3) is 8.21. The van der Waals surface area contributed by atoms with Crippen molar-refractivity contribution in [3.63, 3.8) is 0 Å². The lowest BCUT2D eigenvalue weighted by Crippen LogP contribution is -2.46. The minimum absolute atomic E-state index is 0.0368. The Labute approximate surface area is 101 Å². The molecule has 0 aromatic heterocycles. The molecule has 0 aromatic rings. The van der Waals surface area contributed by atoms with Gasteiger partial charge in [-0.05, 0) is 20.4 Å². The zero-order valence-electron chi connectivity index (χ0n) is 10.4. The molecule has 0 heterocycles. The maximum absolute atomic E-state index is 11.5. The van der Waals surface area contributed by atoms with Gasteiger partial charge in [0, 0.05) is 6.04 Å². The van der Waals surface area contributed by atoms with Crippen molar-refractivity contribution in [3.05, 3.63) is 0 Å². The topological polar surface area (TPSA) is 105 Å². The largest absolute Gasteiger partial charge is 0.353 e. The number of imide groups is 1. The highest BCUT2D eigenvalue weighted by atomic mass is 16.2. The second kappa shape index (κ2) is 7.61. The van der Waals surface area contributed by atoms with E-state index in [1.54, 1.807) is 4.90 Å². The number of nitrogens with one attached hydrogen (secondary N) is 2. The molecule has 0 unspecified atom stereocenters. The highest BCUT2D eigenvalue weighted by Crippen LogP contribution is 1.88. The summed E-state index contributed by atoms with van der Waals surface area (Å²) in [4.78, 5) is 34.7. The van der Waals surface area contributed by atoms with Gasteiger partial charge in [-0.1, -0.05) is 6.92 Å². The van der Waals surface area contributed by atoms with Crippen LogP contribution in [-0.2, 0) is 9.59 Å². The van der Waals surface area contributed by atoms with Gasteiger partial charge in [0.25, 0.3) is 0 Å². The van der Waals surface area contributed by atoms with Crippen molar-refractivity contribution < 1.29 is 14.4 Å². The van der Waals surface area contributed by atoms with Gasteiger partial charge in [0.1, 0.15) is 0 Å². The molecule has 0 saturated carbocycles. The molecule has 7 nitrogen and oxygen atoms in total. The van der Waals surface area contributed by atoms with Crippen LogP contribution in [0, 0.1) is 0 Å². The van der Waals surface area contributed by atoms with Crippen LogP contribution in [-0.4, -0.2) is 48.4 Å². The van der Waals surface area contributed by atoms with Crippen molar-refractivity contribution >= 4 is 17.8 Å². The van der Waals surface area contributed by atoms with E-state index in [4.69, 9.17) is 5.73 Å². The minimum Gasteiger partial charge on any atom is -0.353 e. The van der Waals surface area contributed by atoms with E-state index in [2.05, 4.69) is 5.32 Å². The molecule has 0 spiro atoms. The smallest absolute Gasteiger partial charge is 0.318 e. The van der Waals surface area contributed by atoms with Crippen molar-refractivity contribution in [2.24, 2.45) is 5.73 Å². The van der Waals surface area contributed by atoms with Gasteiger partial charge in [-0.2, -0.15) is 0 Å². The third-order valence-corrected chi connectivity index (χ3v) is 1.89. The van der Waals surface area contributed by atoms with E-state index in [0.717, 1.165) is 0 Å². The molecule has 0 aliphatic rings. The molecule has 0 fully saturated rings. The summed E-state index contributed by atoms with van der Waals surface area (Å²) in [6, 6.07) is -0.835. The zero-order chi connectivity index (χ0) is 13.4. The molecule has 0 saturated heterocycles. The third-order valence-electron chi connectivity index (χ3n) is 1.89. The van der Waals surface area contributed by atoms with E-state index in [1.165, 1.54) is 0 Å². The molecule has 7 heteroatoms. The zero-order valence-corrected chi connectivity index (χ0v) is 10.4. The molecule has 0 aliphatic heterocycles. The number of nitrogens with zero attached hydrogens (tertiary/aromatic N) is 1. The fourth-order valence-corrected chi connectivity index (χ4v) is 1.23. The summed E-state index contributed by atoms with van der Waals surface area (Å²) in [7, 11) is 0. The van der Waals surface area contributed by atoms with Crippen molar-refractivity contribution in [2.75, 3.05) is 19.6 Å². The van der Waals surface area contributed by atoms with Gasteiger partial charge >= 0.3 is 6.03 Å². The molecule has 0 aliphatic carbocycles. The van der Waals surface area contributed by atoms with E-state index in [9.17, 15) is 14.4 Å². The molecule has 17 heavy (non-hydrogen) atoms. The van der Waals surface area contributed by atoms with Crippen LogP contribution in [0.25, 0.3) is 0 Å². The quantitative estimate of drug-likeness (QED) is 0.559. The van der Waals surface area contributed by atoms with Gasteiger partial charge < -0.3 is 11.1 Å². The first-order valence-electron chi connectivity index (χ1n) is 5.46. The number of hydrogen-bond donors (Lipinski definition) is 3. The summed E-state index contributed by atoms with van der Waals surface area (Å²) in [5, 5.41) is 4.67. The summed E-state index contributed by atoms with van der Waals surface area (Å²) >= 11 is 0. The fraction of sp³-hybridized carbons (Fsp3) is 0.700. The number of carbonyl (C=O) groups is 3. The lowest BCUT2D eigenvalue weighted by molar-refractivity contribution is -0.124. The van der Waals surface area contributed by atoms with Crippen LogP contribution in [0.15, 0.2) is 0 Å². The summed E-state index contributed by atoms with van der Waals surface area (Å²) < 4.78 is 0. The predicted molar refractivity (Wildman–Crippen MR) is 63.1 cm³/mol. The molecule has 0 rings (SSSR count). The number of hydrogen-bond acceptors (Lipinski definition) is 4. The molecule has 0 atom stereocenters. The predicted octanol–water partition coefficient (Wildman–Crippen LogP) is -0.972. The van der Waals surface area contributed by atoms with Gasteiger partial charge in [0.2, 0.25) is 11.8 Å². The van der Waals surface area contributed by atoms with E-state index in [-0.39, 0.29) is 25.0 Å². The first-order chi connectivity index (χ1) is 7.85. The van der Waals surface area contributed by atoms with Gasteiger partial charge in [-0.3, -0.25) is 19.8 Å². The summed E-state index contributed by atoms with van der Waals surface area (Å²) in [6.45, 7) is 6.13. The van der Waals surface area contributed by atoms with E-state index >= 15 is 0 Å². The molecule has 98 valence electrons. The second-order valence-corrected chi connectivity index (χ2v) is 3.94. The van der Waals surface area contributed by atoms with Crippen molar-refractivity contribution in [2.45, 2.75) is 26.8 Å². The van der Waals surface area contributed by atoms with E-state index < -0.39 is 11.9 Å². The lowest BCUT2D eigenvalue weighted by Gasteiger charge is -2.19. The Bertz CT molecular complexity index is 291. The van der Waals surface area contributed by atoms with E-state index in [1.807, 2.05) is 26.1 Å². The number of rotatable bonds is 6. The SMILES string of the molecule is CCN(CC(=O)NC(N)=O)CC(=O)NC(C)C. The number of amides is 4. The Hall–Kier alpha value is -1.63. The maximum atomic E-state index is 11.5. The van der Waals surface area contributed by atoms with Crippen LogP contribution < -0.4 is 16.4 Å². The fourth-order valence-electron chi connectivity index (χ4n) is 1.23. The van der Waals surface area contributed by atoms with Gasteiger partial charge in [-0.15, -0.1) is 0 Å². The highest BCUT2D eigenvalue weighted by Gasteiger charge is 2.14. The summed E-state index contributed by atoms with van der Waals surface area (Å²) in [5.41, 5.74) is 4.81. The van der Waals surface area contributed by atoms with Crippen molar-refractivity contribution in [1.82, 2.24) is 15.5 Å². The van der Waals surface area contributed by atoms with Crippen molar-refractivity contribution in [1.29, 1.82) is 0 Å². The molecule has 0 aromatic carbocycles. The van der Waals surface area contributed by atoms with Crippen LogP contribution in [0.1, 0.15) is 20.8 Å². The average Bonchev–Trinajstić information content (AvgIpc) is 2.13. The van der Waals surface area contributed by atoms with Crippen LogP contribution in [0.4, 0.5) is 4.79 Å². The van der Waals surface area contributed by atoms with Gasteiger partial charge in [-0.25, -0.2) is 4.79 Å². The number of primary amides is 1. The number of nitrogens with two attached hydrogens (primary N) is 1. The number of urea groups is 1. The van der Waals surface area contributed by atoms with Crippen LogP contribution in [0.5, 0.6) is 0 Å². The Morgan fingerprint density at radius 2 is 1.71 bits per heavy atom. The second-order valence-electron chi connectivity index (χ2n) is 3.94. The lowest BCUT2D eigenvalue weighted by atomic mass is 10.3. The molecule has 4 amide bonds. The average molecular weight is 244 g/mol. The Morgan fingerprint density at radius 1 is 1.18 bits per heavy atom. The first-order valence-corrected chi connectivity index (χ1v) is 5.46. The van der Waals surface area contributed by atoms with E-state index in [0.29, 0.717) is 6.54 Å². The van der Waals surface area contributed by atoms with Crippen molar-refractivity contribution in [3.8, 4) is 0 Å². The van der Waals surface area contributed by atoms with Gasteiger partial charge in [0.05, 0.1) is 13.1 Å². The summed E-state index contributed by atoms with van der Waals surface area (Å²) in [5.74, 6) is -0.676. The number of carbonyl (C=O) groups excluding carboxylic acids is 3.